The molecule has 0 spiro atoms. The van der Waals surface area contributed by atoms with Crippen LogP contribution in [0.2, 0.25) is 0 Å². The molecule has 1 aromatic rings. The van der Waals surface area contributed by atoms with Gasteiger partial charge < -0.3 is 0 Å². The molecule has 2 heteroatoms. The molecule has 0 bridgehead atoms. The molecule has 0 radical (unpaired) electrons. The van der Waals surface area contributed by atoms with Crippen LogP contribution in [-0.4, -0.2) is 12.3 Å². The van der Waals surface area contributed by atoms with Crippen molar-refractivity contribution in [2.24, 2.45) is 10.9 Å². The van der Waals surface area contributed by atoms with E-state index in [1.165, 1.54) is 5.57 Å². The molecule has 0 saturated heterocycles. The fraction of sp³-hybridized carbons (Fsp3) is 0.381. The SMILES string of the molecule is C=C1/C=C(C(C)C)\C=C/CCC/N=C\1c1cc(C)c(F)c(C)c1. The van der Waals surface area contributed by atoms with Crippen LogP contribution in [0.1, 0.15) is 43.4 Å². The van der Waals surface area contributed by atoms with Crippen LogP contribution in [0.4, 0.5) is 4.39 Å². The molecule has 1 aromatic carbocycles. The van der Waals surface area contributed by atoms with E-state index < -0.39 is 0 Å². The van der Waals surface area contributed by atoms with E-state index in [4.69, 9.17) is 4.99 Å². The van der Waals surface area contributed by atoms with Crippen molar-refractivity contribution >= 4 is 5.71 Å². The lowest BCUT2D eigenvalue weighted by Crippen LogP contribution is -2.08. The molecule has 1 heterocycles. The number of allylic oxidation sites excluding steroid dienone is 5. The van der Waals surface area contributed by atoms with Gasteiger partial charge >= 0.3 is 0 Å². The Morgan fingerprint density at radius 2 is 1.83 bits per heavy atom. The monoisotopic (exact) mass is 311 g/mol. The molecular weight excluding hydrogens is 285 g/mol. The molecule has 0 amide bonds. The second kappa shape index (κ2) is 7.54. The largest absolute Gasteiger partial charge is 0.284 e. The minimum atomic E-state index is -0.138. The molecule has 0 aliphatic carbocycles. The van der Waals surface area contributed by atoms with Gasteiger partial charge in [0, 0.05) is 12.1 Å². The molecule has 1 aliphatic rings. The fourth-order valence-electron chi connectivity index (χ4n) is 2.76. The number of rotatable bonds is 2. The number of aryl methyl sites for hydroxylation is 2. The molecule has 0 unspecified atom stereocenters. The summed E-state index contributed by atoms with van der Waals surface area (Å²) in [5.74, 6) is 0.293. The van der Waals surface area contributed by atoms with Gasteiger partial charge in [-0.15, -0.1) is 0 Å². The zero-order valence-corrected chi connectivity index (χ0v) is 14.6. The Morgan fingerprint density at radius 1 is 1.17 bits per heavy atom. The first-order valence-corrected chi connectivity index (χ1v) is 8.29. The second-order valence-corrected chi connectivity index (χ2v) is 6.52. The lowest BCUT2D eigenvalue weighted by atomic mass is 9.94. The number of hydrogen-bond donors (Lipinski definition) is 0. The van der Waals surface area contributed by atoms with Gasteiger partial charge in [-0.05, 0) is 73.1 Å². The minimum Gasteiger partial charge on any atom is -0.284 e. The van der Waals surface area contributed by atoms with Gasteiger partial charge in [-0.1, -0.05) is 32.6 Å². The predicted molar refractivity (Wildman–Crippen MR) is 97.7 cm³/mol. The van der Waals surface area contributed by atoms with Crippen LogP contribution in [0.5, 0.6) is 0 Å². The third-order valence-electron chi connectivity index (χ3n) is 4.13. The van der Waals surface area contributed by atoms with Crippen LogP contribution in [0.15, 0.2) is 53.1 Å². The molecule has 1 aliphatic heterocycles. The van der Waals surface area contributed by atoms with Crippen LogP contribution in [0, 0.1) is 25.6 Å². The van der Waals surface area contributed by atoms with Crippen molar-refractivity contribution in [3.63, 3.8) is 0 Å². The van der Waals surface area contributed by atoms with Crippen LogP contribution >= 0.6 is 0 Å². The topological polar surface area (TPSA) is 12.4 Å². The molecular formula is C21H26FN. The third-order valence-corrected chi connectivity index (χ3v) is 4.13. The van der Waals surface area contributed by atoms with Crippen molar-refractivity contribution in [2.45, 2.75) is 40.5 Å². The smallest absolute Gasteiger partial charge is 0.129 e. The van der Waals surface area contributed by atoms with Crippen molar-refractivity contribution in [3.05, 3.63) is 70.6 Å². The lowest BCUT2D eigenvalue weighted by molar-refractivity contribution is 0.609. The first-order valence-electron chi connectivity index (χ1n) is 8.29. The van der Waals surface area contributed by atoms with Gasteiger partial charge in [0.15, 0.2) is 0 Å². The summed E-state index contributed by atoms with van der Waals surface area (Å²) in [6.07, 6.45) is 8.55. The Balaban J connectivity index is 2.50. The summed E-state index contributed by atoms with van der Waals surface area (Å²) in [5.41, 5.74) is 5.28. The maximum Gasteiger partial charge on any atom is 0.129 e. The highest BCUT2D eigenvalue weighted by Gasteiger charge is 2.12. The first-order chi connectivity index (χ1) is 10.9. The van der Waals surface area contributed by atoms with E-state index >= 15 is 0 Å². The van der Waals surface area contributed by atoms with Crippen LogP contribution in [0.3, 0.4) is 0 Å². The number of aliphatic imine (C=N–C) groups is 1. The molecule has 0 saturated carbocycles. The first kappa shape index (κ1) is 17.4. The highest BCUT2D eigenvalue weighted by atomic mass is 19.1. The Bertz CT molecular complexity index is 667. The zero-order valence-electron chi connectivity index (χ0n) is 14.6. The maximum absolute atomic E-state index is 13.9. The van der Waals surface area contributed by atoms with Gasteiger partial charge in [0.2, 0.25) is 0 Å². The van der Waals surface area contributed by atoms with Gasteiger partial charge in [0.1, 0.15) is 5.82 Å². The Labute approximate surface area is 139 Å². The van der Waals surface area contributed by atoms with E-state index in [9.17, 15) is 4.39 Å². The Morgan fingerprint density at radius 3 is 2.43 bits per heavy atom. The summed E-state index contributed by atoms with van der Waals surface area (Å²) in [6.45, 7) is 12.9. The summed E-state index contributed by atoms with van der Waals surface area (Å²) in [4.78, 5) is 4.76. The van der Waals surface area contributed by atoms with E-state index in [-0.39, 0.29) is 5.82 Å². The standard InChI is InChI=1S/C21H26FN/c1-14(2)18-9-7-6-8-10-23-21(17(5)13-18)19-11-15(3)20(22)16(4)12-19/h7,9,11-14H,5-6,8,10H2,1-4H3/b9-7-,18-13+,23-21+. The highest BCUT2D eigenvalue weighted by Crippen LogP contribution is 2.22. The average Bonchev–Trinajstić information content (AvgIpc) is 2.50. The molecule has 0 fully saturated rings. The summed E-state index contributed by atoms with van der Waals surface area (Å²) in [5, 5.41) is 0. The quantitative estimate of drug-likeness (QED) is 0.662. The maximum atomic E-state index is 13.9. The molecule has 2 rings (SSSR count). The van der Waals surface area contributed by atoms with Crippen molar-refractivity contribution in [3.8, 4) is 0 Å². The third kappa shape index (κ3) is 4.28. The van der Waals surface area contributed by atoms with Crippen molar-refractivity contribution in [1.82, 2.24) is 0 Å². The number of benzene rings is 1. The number of nitrogens with zero attached hydrogens (tertiary/aromatic N) is 1. The molecule has 0 N–H and O–H groups in total. The van der Waals surface area contributed by atoms with E-state index in [2.05, 4.69) is 38.7 Å². The van der Waals surface area contributed by atoms with Crippen LogP contribution in [0.25, 0.3) is 0 Å². The summed E-state index contributed by atoms with van der Waals surface area (Å²) >= 11 is 0. The highest BCUT2D eigenvalue weighted by molar-refractivity contribution is 6.14. The van der Waals surface area contributed by atoms with E-state index in [1.54, 1.807) is 13.8 Å². The Hall–Kier alpha value is -1.96. The van der Waals surface area contributed by atoms with Crippen molar-refractivity contribution in [1.29, 1.82) is 0 Å². The van der Waals surface area contributed by atoms with E-state index in [1.807, 2.05) is 12.1 Å². The molecule has 1 nitrogen and oxygen atoms in total. The lowest BCUT2D eigenvalue weighted by Gasteiger charge is -2.14. The van der Waals surface area contributed by atoms with Gasteiger partial charge in [0.05, 0.1) is 5.71 Å². The van der Waals surface area contributed by atoms with Crippen LogP contribution in [-0.2, 0) is 0 Å². The average molecular weight is 311 g/mol. The summed E-state index contributed by atoms with van der Waals surface area (Å²) < 4.78 is 13.9. The van der Waals surface area contributed by atoms with Crippen LogP contribution < -0.4 is 0 Å². The minimum absolute atomic E-state index is 0.138. The predicted octanol–water partition coefficient (Wildman–Crippen LogP) is 5.72. The number of halogens is 1. The normalized spacial score (nSPS) is 22.3. The fourth-order valence-corrected chi connectivity index (χ4v) is 2.76. The Kier molecular flexibility index (Phi) is 5.70. The number of hydrogen-bond acceptors (Lipinski definition) is 1. The van der Waals surface area contributed by atoms with Gasteiger partial charge in [-0.2, -0.15) is 0 Å². The summed E-state index contributed by atoms with van der Waals surface area (Å²) in [6, 6.07) is 3.74. The van der Waals surface area contributed by atoms with Gasteiger partial charge in [0.25, 0.3) is 0 Å². The van der Waals surface area contributed by atoms with Crippen molar-refractivity contribution in [2.75, 3.05) is 6.54 Å². The van der Waals surface area contributed by atoms with Crippen molar-refractivity contribution < 1.29 is 4.39 Å². The van der Waals surface area contributed by atoms with Gasteiger partial charge in [-0.25, -0.2) is 4.39 Å². The van der Waals surface area contributed by atoms with Gasteiger partial charge in [-0.3, -0.25) is 4.99 Å². The zero-order chi connectivity index (χ0) is 17.0. The molecule has 23 heavy (non-hydrogen) atoms. The van der Waals surface area contributed by atoms with E-state index in [0.717, 1.165) is 36.2 Å². The molecule has 0 atom stereocenters. The molecule has 0 aromatic heterocycles. The second-order valence-electron chi connectivity index (χ2n) is 6.52. The summed E-state index contributed by atoms with van der Waals surface area (Å²) in [7, 11) is 0. The van der Waals surface area contributed by atoms with E-state index in [0.29, 0.717) is 17.0 Å². The molecule has 122 valence electrons.